The average Bonchev–Trinajstić information content (AvgIpc) is 2.69. The number of methoxy groups -OCH3 is 2. The number of rotatable bonds is 11. The van der Waals surface area contributed by atoms with Crippen molar-refractivity contribution in [2.45, 2.75) is 31.7 Å². The molecule has 5 nitrogen and oxygen atoms in total. The van der Waals surface area contributed by atoms with E-state index in [2.05, 4.69) is 6.58 Å². The summed E-state index contributed by atoms with van der Waals surface area (Å²) in [5.74, 6) is 0.737. The monoisotopic (exact) mass is 403 g/mol. The average molecular weight is 404 g/mol. The maximum atomic E-state index is 13.4. The zero-order valence-electron chi connectivity index (χ0n) is 16.8. The van der Waals surface area contributed by atoms with Crippen LogP contribution in [0.3, 0.4) is 0 Å². The fourth-order valence-electron chi connectivity index (χ4n) is 2.93. The Labute approximate surface area is 168 Å². The molecule has 28 heavy (non-hydrogen) atoms. The van der Waals surface area contributed by atoms with E-state index in [0.717, 1.165) is 22.4 Å². The highest BCUT2D eigenvalue weighted by atomic mass is 32.2. The van der Waals surface area contributed by atoms with Crippen LogP contribution < -0.4 is 4.74 Å². The highest BCUT2D eigenvalue weighted by Gasteiger charge is 2.31. The van der Waals surface area contributed by atoms with Gasteiger partial charge in [-0.05, 0) is 36.6 Å². The SMILES string of the molecule is C=CC[C@@H](COC)S(=O)(=O)N(Cc1ccc(C)cc1)Cc1ccc(OC)cc1. The van der Waals surface area contributed by atoms with Crippen molar-refractivity contribution in [1.82, 2.24) is 4.31 Å². The number of hydrogen-bond donors (Lipinski definition) is 0. The highest BCUT2D eigenvalue weighted by molar-refractivity contribution is 7.89. The van der Waals surface area contributed by atoms with Crippen molar-refractivity contribution >= 4 is 10.0 Å². The van der Waals surface area contributed by atoms with E-state index in [-0.39, 0.29) is 13.2 Å². The van der Waals surface area contributed by atoms with Crippen molar-refractivity contribution in [3.63, 3.8) is 0 Å². The third kappa shape index (κ3) is 5.92. The van der Waals surface area contributed by atoms with Crippen LogP contribution in [-0.4, -0.2) is 38.8 Å². The molecule has 0 aromatic heterocycles. The molecule has 0 heterocycles. The third-order valence-corrected chi connectivity index (χ3v) is 6.71. The first-order chi connectivity index (χ1) is 13.4. The van der Waals surface area contributed by atoms with Crippen molar-refractivity contribution in [3.8, 4) is 5.75 Å². The molecule has 0 fully saturated rings. The predicted octanol–water partition coefficient (Wildman–Crippen LogP) is 3.93. The zero-order valence-corrected chi connectivity index (χ0v) is 17.6. The quantitative estimate of drug-likeness (QED) is 0.534. The molecule has 6 heteroatoms. The van der Waals surface area contributed by atoms with Crippen LogP contribution in [0.15, 0.2) is 61.2 Å². The van der Waals surface area contributed by atoms with Crippen LogP contribution in [0.4, 0.5) is 0 Å². The minimum absolute atomic E-state index is 0.126. The Morgan fingerprint density at radius 3 is 2.00 bits per heavy atom. The van der Waals surface area contributed by atoms with Gasteiger partial charge in [0.1, 0.15) is 11.0 Å². The van der Waals surface area contributed by atoms with Crippen LogP contribution >= 0.6 is 0 Å². The molecule has 0 bridgehead atoms. The molecule has 0 spiro atoms. The number of nitrogens with zero attached hydrogens (tertiary/aromatic N) is 1. The number of ether oxygens (including phenoxy) is 2. The lowest BCUT2D eigenvalue weighted by Crippen LogP contribution is -2.40. The molecule has 0 radical (unpaired) electrons. The predicted molar refractivity (Wildman–Crippen MR) is 113 cm³/mol. The maximum Gasteiger partial charge on any atom is 0.220 e. The van der Waals surface area contributed by atoms with Crippen LogP contribution in [0.25, 0.3) is 0 Å². The first kappa shape index (κ1) is 22.1. The zero-order chi connectivity index (χ0) is 20.6. The fraction of sp³-hybridized carbons (Fsp3) is 0.364. The molecule has 2 rings (SSSR count). The molecule has 0 amide bonds. The summed E-state index contributed by atoms with van der Waals surface area (Å²) in [6.45, 7) is 6.41. The molecular formula is C22H29NO4S. The lowest BCUT2D eigenvalue weighted by Gasteiger charge is -2.27. The Hall–Kier alpha value is -2.15. The van der Waals surface area contributed by atoms with E-state index >= 15 is 0 Å². The molecule has 2 aromatic rings. The van der Waals surface area contributed by atoms with Crippen LogP contribution in [-0.2, 0) is 27.8 Å². The van der Waals surface area contributed by atoms with Gasteiger partial charge >= 0.3 is 0 Å². The second-order valence-corrected chi connectivity index (χ2v) is 8.96. The van der Waals surface area contributed by atoms with Gasteiger partial charge in [-0.3, -0.25) is 0 Å². The standard InChI is InChI=1S/C22H29NO4S/c1-5-6-22(17-26-3)28(24,25)23(15-19-9-7-18(2)8-10-19)16-20-11-13-21(27-4)14-12-20/h5,7-14,22H,1,6,15-17H2,2-4H3/t22-/m0/s1. The lowest BCUT2D eigenvalue weighted by molar-refractivity contribution is 0.194. The van der Waals surface area contributed by atoms with Crippen molar-refractivity contribution in [3.05, 3.63) is 77.9 Å². The van der Waals surface area contributed by atoms with E-state index in [1.54, 1.807) is 13.2 Å². The summed E-state index contributed by atoms with van der Waals surface area (Å²) < 4.78 is 38.6. The van der Waals surface area contributed by atoms with Gasteiger partial charge in [-0.2, -0.15) is 4.31 Å². The van der Waals surface area contributed by atoms with Crippen LogP contribution in [0.5, 0.6) is 5.75 Å². The molecular weight excluding hydrogens is 374 g/mol. The summed E-state index contributed by atoms with van der Waals surface area (Å²) in [5.41, 5.74) is 2.97. The van der Waals surface area contributed by atoms with E-state index in [1.807, 2.05) is 55.5 Å². The molecule has 0 saturated heterocycles. The second-order valence-electron chi connectivity index (χ2n) is 6.75. The van der Waals surface area contributed by atoms with E-state index in [0.29, 0.717) is 13.0 Å². The normalized spacial score (nSPS) is 12.7. The van der Waals surface area contributed by atoms with Crippen LogP contribution in [0, 0.1) is 6.92 Å². The van der Waals surface area contributed by atoms with Crippen molar-refractivity contribution in [1.29, 1.82) is 0 Å². The van der Waals surface area contributed by atoms with E-state index in [9.17, 15) is 8.42 Å². The molecule has 0 aliphatic heterocycles. The lowest BCUT2D eigenvalue weighted by atomic mass is 10.1. The van der Waals surface area contributed by atoms with Crippen molar-refractivity contribution in [2.75, 3.05) is 20.8 Å². The van der Waals surface area contributed by atoms with Gasteiger partial charge in [0.25, 0.3) is 0 Å². The Kier molecular flexibility index (Phi) is 8.23. The van der Waals surface area contributed by atoms with Crippen LogP contribution in [0.1, 0.15) is 23.1 Å². The first-order valence-electron chi connectivity index (χ1n) is 9.18. The minimum atomic E-state index is -3.60. The van der Waals surface area contributed by atoms with Gasteiger partial charge in [0.15, 0.2) is 0 Å². The van der Waals surface area contributed by atoms with Crippen LogP contribution in [0.2, 0.25) is 0 Å². The Morgan fingerprint density at radius 2 is 1.54 bits per heavy atom. The number of hydrogen-bond acceptors (Lipinski definition) is 4. The molecule has 0 aliphatic rings. The fourth-order valence-corrected chi connectivity index (χ4v) is 4.69. The summed E-state index contributed by atoms with van der Waals surface area (Å²) in [5, 5.41) is -0.668. The number of sulfonamides is 1. The molecule has 1 atom stereocenters. The van der Waals surface area contributed by atoms with E-state index in [4.69, 9.17) is 9.47 Å². The highest BCUT2D eigenvalue weighted by Crippen LogP contribution is 2.22. The van der Waals surface area contributed by atoms with Gasteiger partial charge in [0.05, 0.1) is 13.7 Å². The summed E-state index contributed by atoms with van der Waals surface area (Å²) >= 11 is 0. The van der Waals surface area contributed by atoms with E-state index in [1.165, 1.54) is 11.4 Å². The van der Waals surface area contributed by atoms with Gasteiger partial charge < -0.3 is 9.47 Å². The number of benzene rings is 2. The van der Waals surface area contributed by atoms with Crippen molar-refractivity contribution in [2.24, 2.45) is 0 Å². The second kappa shape index (κ2) is 10.4. The largest absolute Gasteiger partial charge is 0.497 e. The summed E-state index contributed by atoms with van der Waals surface area (Å²) in [4.78, 5) is 0. The number of aryl methyl sites for hydroxylation is 1. The minimum Gasteiger partial charge on any atom is -0.497 e. The molecule has 0 aliphatic carbocycles. The van der Waals surface area contributed by atoms with Gasteiger partial charge in [-0.15, -0.1) is 6.58 Å². The Balaban J connectivity index is 2.34. The molecule has 152 valence electrons. The molecule has 0 N–H and O–H groups in total. The molecule has 2 aromatic carbocycles. The Bertz CT molecular complexity index is 845. The van der Waals surface area contributed by atoms with Gasteiger partial charge in [0.2, 0.25) is 10.0 Å². The van der Waals surface area contributed by atoms with Gasteiger partial charge in [-0.25, -0.2) is 8.42 Å². The van der Waals surface area contributed by atoms with Crippen molar-refractivity contribution < 1.29 is 17.9 Å². The summed E-state index contributed by atoms with van der Waals surface area (Å²) in [6, 6.07) is 15.3. The molecule has 0 saturated carbocycles. The number of allylic oxidation sites excluding steroid dienone is 1. The first-order valence-corrected chi connectivity index (χ1v) is 10.7. The summed E-state index contributed by atoms with van der Waals surface area (Å²) in [6.07, 6.45) is 1.96. The Morgan fingerprint density at radius 1 is 1.00 bits per heavy atom. The topological polar surface area (TPSA) is 55.8 Å². The third-order valence-electron chi connectivity index (χ3n) is 4.56. The van der Waals surface area contributed by atoms with Gasteiger partial charge in [0, 0.05) is 20.2 Å². The maximum absolute atomic E-state index is 13.4. The summed E-state index contributed by atoms with van der Waals surface area (Å²) in [7, 11) is -0.486. The molecule has 0 unspecified atom stereocenters. The van der Waals surface area contributed by atoms with Gasteiger partial charge in [-0.1, -0.05) is 48.0 Å². The van der Waals surface area contributed by atoms with E-state index < -0.39 is 15.3 Å². The smallest absolute Gasteiger partial charge is 0.220 e.